The second kappa shape index (κ2) is 4.68. The van der Waals surface area contributed by atoms with Crippen LogP contribution in [0.15, 0.2) is 16.6 Å². The van der Waals surface area contributed by atoms with Crippen LogP contribution in [0.2, 0.25) is 0 Å². The van der Waals surface area contributed by atoms with E-state index in [1.165, 1.54) is 0 Å². The normalized spacial score (nSPS) is 18.8. The predicted molar refractivity (Wildman–Crippen MR) is 74.5 cm³/mol. The zero-order valence-electron chi connectivity index (χ0n) is 10.4. The van der Waals surface area contributed by atoms with Crippen LogP contribution in [-0.4, -0.2) is 25.7 Å². The molecule has 1 aliphatic heterocycles. The molecular formula is C13H15BrN2O3. The van der Waals surface area contributed by atoms with Gasteiger partial charge in [0.05, 0.1) is 11.1 Å². The van der Waals surface area contributed by atoms with E-state index in [1.54, 1.807) is 6.07 Å². The summed E-state index contributed by atoms with van der Waals surface area (Å²) in [5.74, 6) is 1.32. The monoisotopic (exact) mass is 326 g/mol. The average Bonchev–Trinajstić information content (AvgIpc) is 3.20. The number of amides is 1. The largest absolute Gasteiger partial charge is 0.486 e. The lowest BCUT2D eigenvalue weighted by molar-refractivity contribution is -0.120. The highest BCUT2D eigenvalue weighted by Gasteiger charge is 2.48. The zero-order valence-corrected chi connectivity index (χ0v) is 12.0. The quantitative estimate of drug-likeness (QED) is 0.889. The Kier molecular flexibility index (Phi) is 3.14. The van der Waals surface area contributed by atoms with Gasteiger partial charge in [-0.15, -0.1) is 0 Å². The van der Waals surface area contributed by atoms with Gasteiger partial charge < -0.3 is 20.5 Å². The van der Waals surface area contributed by atoms with Crippen LogP contribution in [0.3, 0.4) is 0 Å². The number of nitrogens with one attached hydrogen (secondary N) is 1. The molecular weight excluding hydrogens is 312 g/mol. The number of nitrogens with two attached hydrogens (primary N) is 1. The molecule has 1 fully saturated rings. The molecule has 0 saturated heterocycles. The molecule has 1 aliphatic carbocycles. The first kappa shape index (κ1) is 12.7. The Balaban J connectivity index is 1.83. The van der Waals surface area contributed by atoms with E-state index in [0.717, 1.165) is 17.3 Å². The van der Waals surface area contributed by atoms with E-state index in [0.29, 0.717) is 36.9 Å². The van der Waals surface area contributed by atoms with Gasteiger partial charge in [-0.25, -0.2) is 0 Å². The molecule has 0 spiro atoms. The van der Waals surface area contributed by atoms with Crippen LogP contribution in [0, 0.1) is 5.41 Å². The van der Waals surface area contributed by atoms with Gasteiger partial charge in [-0.05, 0) is 28.8 Å². The van der Waals surface area contributed by atoms with Crippen LogP contribution in [0.1, 0.15) is 12.8 Å². The number of benzene rings is 1. The summed E-state index contributed by atoms with van der Waals surface area (Å²) in [6, 6.07) is 3.59. The molecule has 1 saturated carbocycles. The molecule has 0 bridgehead atoms. The van der Waals surface area contributed by atoms with Crippen molar-refractivity contribution in [1.82, 2.24) is 0 Å². The zero-order chi connectivity index (χ0) is 13.5. The second-order valence-electron chi connectivity index (χ2n) is 4.91. The first-order valence-electron chi connectivity index (χ1n) is 6.25. The lowest BCUT2D eigenvalue weighted by Crippen LogP contribution is -2.31. The van der Waals surface area contributed by atoms with Crippen molar-refractivity contribution in [2.24, 2.45) is 11.1 Å². The number of halogens is 1. The Morgan fingerprint density at radius 1 is 1.32 bits per heavy atom. The summed E-state index contributed by atoms with van der Waals surface area (Å²) in [7, 11) is 0. The Labute approximate surface area is 119 Å². The maximum Gasteiger partial charge on any atom is 0.231 e. The van der Waals surface area contributed by atoms with Crippen molar-refractivity contribution in [1.29, 1.82) is 0 Å². The third kappa shape index (κ3) is 2.30. The second-order valence-corrected chi connectivity index (χ2v) is 5.77. The molecule has 0 radical (unpaired) electrons. The number of hydrogen-bond acceptors (Lipinski definition) is 4. The molecule has 19 heavy (non-hydrogen) atoms. The summed E-state index contributed by atoms with van der Waals surface area (Å²) in [5.41, 5.74) is 5.98. The van der Waals surface area contributed by atoms with Crippen LogP contribution in [-0.2, 0) is 4.79 Å². The molecule has 3 N–H and O–H groups in total. The van der Waals surface area contributed by atoms with Crippen molar-refractivity contribution >= 4 is 27.5 Å². The predicted octanol–water partition coefficient (Wildman–Crippen LogP) is 1.90. The maximum atomic E-state index is 12.2. The summed E-state index contributed by atoms with van der Waals surface area (Å²) >= 11 is 3.43. The fraction of sp³-hybridized carbons (Fsp3) is 0.462. The number of carbonyl (C=O) groups is 1. The lowest BCUT2D eigenvalue weighted by atomic mass is 10.1. The summed E-state index contributed by atoms with van der Waals surface area (Å²) in [5, 5.41) is 2.91. The van der Waals surface area contributed by atoms with E-state index < -0.39 is 0 Å². The van der Waals surface area contributed by atoms with Crippen molar-refractivity contribution in [3.63, 3.8) is 0 Å². The maximum absolute atomic E-state index is 12.2. The van der Waals surface area contributed by atoms with E-state index in [4.69, 9.17) is 15.2 Å². The molecule has 3 rings (SSSR count). The minimum atomic E-state index is -0.368. The molecule has 6 heteroatoms. The number of anilines is 1. The minimum Gasteiger partial charge on any atom is -0.486 e. The first-order valence-corrected chi connectivity index (χ1v) is 7.05. The van der Waals surface area contributed by atoms with Crippen LogP contribution in [0.5, 0.6) is 11.5 Å². The molecule has 0 unspecified atom stereocenters. The molecule has 102 valence electrons. The molecule has 2 aliphatic rings. The third-order valence-corrected chi connectivity index (χ3v) is 4.26. The van der Waals surface area contributed by atoms with Gasteiger partial charge in [-0.1, -0.05) is 0 Å². The number of fused-ring (bicyclic) bond motifs is 1. The van der Waals surface area contributed by atoms with Gasteiger partial charge in [0.2, 0.25) is 5.91 Å². The highest BCUT2D eigenvalue weighted by atomic mass is 79.9. The Morgan fingerprint density at radius 3 is 2.53 bits per heavy atom. The molecule has 1 heterocycles. The molecule has 5 nitrogen and oxygen atoms in total. The van der Waals surface area contributed by atoms with Gasteiger partial charge >= 0.3 is 0 Å². The number of hydrogen-bond donors (Lipinski definition) is 2. The van der Waals surface area contributed by atoms with Crippen LogP contribution >= 0.6 is 15.9 Å². The molecule has 1 amide bonds. The van der Waals surface area contributed by atoms with Crippen molar-refractivity contribution in [3.8, 4) is 11.5 Å². The minimum absolute atomic E-state index is 0.0209. The highest BCUT2D eigenvalue weighted by Crippen LogP contribution is 2.46. The van der Waals surface area contributed by atoms with E-state index in [2.05, 4.69) is 21.2 Å². The Morgan fingerprint density at radius 2 is 1.95 bits per heavy atom. The van der Waals surface area contributed by atoms with Crippen LogP contribution < -0.4 is 20.5 Å². The molecule has 0 atom stereocenters. The number of carbonyl (C=O) groups excluding carboxylic acids is 1. The Hall–Kier alpha value is -1.27. The SMILES string of the molecule is NCC1(C(=O)Nc2cc3c(cc2Br)OCCO3)CC1. The summed E-state index contributed by atoms with van der Waals surface area (Å²) < 4.78 is 11.8. The van der Waals surface area contributed by atoms with E-state index >= 15 is 0 Å². The molecule has 0 aromatic heterocycles. The van der Waals surface area contributed by atoms with Gasteiger partial charge in [0, 0.05) is 23.2 Å². The smallest absolute Gasteiger partial charge is 0.231 e. The summed E-state index contributed by atoms with van der Waals surface area (Å²) in [6.07, 6.45) is 1.72. The Bertz CT molecular complexity index is 529. The van der Waals surface area contributed by atoms with E-state index in [1.807, 2.05) is 6.07 Å². The van der Waals surface area contributed by atoms with Gasteiger partial charge in [0.1, 0.15) is 13.2 Å². The fourth-order valence-corrected chi connectivity index (χ4v) is 2.51. The number of ether oxygens (including phenoxy) is 2. The van der Waals surface area contributed by atoms with Gasteiger partial charge in [-0.3, -0.25) is 4.79 Å². The summed E-state index contributed by atoms with van der Waals surface area (Å²) in [4.78, 5) is 12.2. The van der Waals surface area contributed by atoms with Crippen molar-refractivity contribution in [2.75, 3.05) is 25.1 Å². The summed E-state index contributed by atoms with van der Waals surface area (Å²) in [6.45, 7) is 1.46. The fourth-order valence-electron chi connectivity index (χ4n) is 2.09. The van der Waals surface area contributed by atoms with E-state index in [9.17, 15) is 4.79 Å². The van der Waals surface area contributed by atoms with Crippen molar-refractivity contribution in [3.05, 3.63) is 16.6 Å². The van der Waals surface area contributed by atoms with Crippen LogP contribution in [0.25, 0.3) is 0 Å². The number of rotatable bonds is 3. The first-order chi connectivity index (χ1) is 9.14. The van der Waals surface area contributed by atoms with Crippen LogP contribution in [0.4, 0.5) is 5.69 Å². The van der Waals surface area contributed by atoms with Gasteiger partial charge in [0.15, 0.2) is 11.5 Å². The molecule has 1 aromatic rings. The van der Waals surface area contributed by atoms with Gasteiger partial charge in [-0.2, -0.15) is 0 Å². The van der Waals surface area contributed by atoms with E-state index in [-0.39, 0.29) is 11.3 Å². The molecule has 1 aromatic carbocycles. The third-order valence-electron chi connectivity index (χ3n) is 3.61. The van der Waals surface area contributed by atoms with Crippen molar-refractivity contribution < 1.29 is 14.3 Å². The average molecular weight is 327 g/mol. The standard InChI is InChI=1S/C13H15BrN2O3/c14-8-5-10-11(19-4-3-18-10)6-9(8)16-12(17)13(7-15)1-2-13/h5-6H,1-4,7,15H2,(H,16,17). The van der Waals surface area contributed by atoms with Crippen molar-refractivity contribution in [2.45, 2.75) is 12.8 Å². The topological polar surface area (TPSA) is 73.6 Å². The van der Waals surface area contributed by atoms with Gasteiger partial charge in [0.25, 0.3) is 0 Å². The lowest BCUT2D eigenvalue weighted by Gasteiger charge is -2.21. The highest BCUT2D eigenvalue weighted by molar-refractivity contribution is 9.10.